The number of carbonyl (C=O) groups excluding carboxylic acids is 1. The normalized spacial score (nSPS) is 26.8. The molecule has 1 saturated heterocycles. The quantitative estimate of drug-likeness (QED) is 0.916. The molecule has 2 aliphatic rings. The third-order valence-electron chi connectivity index (χ3n) is 4.61. The molecular weight excluding hydrogens is 283 g/mol. The van der Waals surface area contributed by atoms with Crippen molar-refractivity contribution in [3.8, 4) is 0 Å². The van der Waals surface area contributed by atoms with Crippen LogP contribution in [0.5, 0.6) is 0 Å². The number of aliphatic hydroxyl groups is 1. The van der Waals surface area contributed by atoms with Crippen LogP contribution in [-0.4, -0.2) is 59.6 Å². The average Bonchev–Trinajstić information content (AvgIpc) is 3.28. The Morgan fingerprint density at radius 2 is 1.91 bits per heavy atom. The third-order valence-corrected chi connectivity index (χ3v) is 4.61. The number of benzene rings is 1. The van der Waals surface area contributed by atoms with Crippen molar-refractivity contribution < 1.29 is 14.3 Å². The van der Waals surface area contributed by atoms with Crippen LogP contribution < -0.4 is 0 Å². The summed E-state index contributed by atoms with van der Waals surface area (Å²) in [6, 6.07) is 6.50. The topological polar surface area (TPSA) is 43.8 Å². The summed E-state index contributed by atoms with van der Waals surface area (Å²) in [5.41, 5.74) is 1.06. The number of aliphatic hydroxyl groups excluding tert-OH is 1. The minimum Gasteiger partial charge on any atom is -0.392 e. The zero-order valence-corrected chi connectivity index (χ0v) is 12.9. The first kappa shape index (κ1) is 15.4. The molecule has 1 aliphatic heterocycles. The summed E-state index contributed by atoms with van der Waals surface area (Å²) >= 11 is 0. The highest BCUT2D eigenvalue weighted by Gasteiger charge is 2.46. The number of halogens is 1. The summed E-state index contributed by atoms with van der Waals surface area (Å²) in [6.07, 6.45) is 0.548. The predicted molar refractivity (Wildman–Crippen MR) is 81.9 cm³/mol. The van der Waals surface area contributed by atoms with Crippen molar-refractivity contribution in [2.75, 3.05) is 32.7 Å². The molecule has 0 aromatic heterocycles. The monoisotopic (exact) mass is 306 g/mol. The molecule has 1 saturated carbocycles. The molecule has 1 heterocycles. The second kappa shape index (κ2) is 6.34. The average molecular weight is 306 g/mol. The molecule has 0 unspecified atom stereocenters. The fourth-order valence-corrected chi connectivity index (χ4v) is 3.31. The van der Waals surface area contributed by atoms with Crippen LogP contribution in [0.4, 0.5) is 4.39 Å². The molecule has 0 spiro atoms. The number of hydrogen-bond donors (Lipinski definition) is 1. The first-order valence-corrected chi connectivity index (χ1v) is 7.99. The smallest absolute Gasteiger partial charge is 0.226 e. The Balaban J connectivity index is 1.51. The standard InChI is InChI=1S/C17H23FN2O2/c1-12(21)11-19-6-8-20(9-7-19)17(22)16-10-15(16)13-2-4-14(18)5-3-13/h2-5,12,15-16,21H,6-11H2,1H3/t12-,15-,16+/m0/s1. The molecule has 5 heteroatoms. The van der Waals surface area contributed by atoms with Gasteiger partial charge < -0.3 is 10.0 Å². The fourth-order valence-electron chi connectivity index (χ4n) is 3.31. The van der Waals surface area contributed by atoms with Gasteiger partial charge in [-0.3, -0.25) is 9.69 Å². The van der Waals surface area contributed by atoms with Gasteiger partial charge in [-0.25, -0.2) is 4.39 Å². The van der Waals surface area contributed by atoms with Gasteiger partial charge in [-0.15, -0.1) is 0 Å². The molecule has 1 N–H and O–H groups in total. The van der Waals surface area contributed by atoms with Crippen molar-refractivity contribution in [1.82, 2.24) is 9.80 Å². The van der Waals surface area contributed by atoms with Crippen molar-refractivity contribution in [2.45, 2.75) is 25.4 Å². The summed E-state index contributed by atoms with van der Waals surface area (Å²) in [6.45, 7) is 5.57. The Labute approximate surface area is 130 Å². The lowest BCUT2D eigenvalue weighted by molar-refractivity contribution is -0.134. The van der Waals surface area contributed by atoms with Gasteiger partial charge in [0.1, 0.15) is 5.82 Å². The van der Waals surface area contributed by atoms with Gasteiger partial charge in [0.05, 0.1) is 6.10 Å². The van der Waals surface area contributed by atoms with Gasteiger partial charge in [0.2, 0.25) is 5.91 Å². The maximum Gasteiger partial charge on any atom is 0.226 e. The Morgan fingerprint density at radius 3 is 2.50 bits per heavy atom. The van der Waals surface area contributed by atoms with Gasteiger partial charge in [-0.2, -0.15) is 0 Å². The van der Waals surface area contributed by atoms with Gasteiger partial charge in [0.25, 0.3) is 0 Å². The van der Waals surface area contributed by atoms with E-state index in [1.807, 2.05) is 4.90 Å². The molecule has 1 amide bonds. The van der Waals surface area contributed by atoms with Crippen molar-refractivity contribution in [3.63, 3.8) is 0 Å². The van der Waals surface area contributed by atoms with E-state index >= 15 is 0 Å². The van der Waals surface area contributed by atoms with Crippen molar-refractivity contribution in [3.05, 3.63) is 35.6 Å². The molecule has 2 fully saturated rings. The van der Waals surface area contributed by atoms with Crippen LogP contribution in [0, 0.1) is 11.7 Å². The third kappa shape index (κ3) is 3.47. The summed E-state index contributed by atoms with van der Waals surface area (Å²) in [5, 5.41) is 9.41. The zero-order valence-electron chi connectivity index (χ0n) is 12.9. The Hall–Kier alpha value is -1.46. The van der Waals surface area contributed by atoms with Gasteiger partial charge >= 0.3 is 0 Å². The van der Waals surface area contributed by atoms with E-state index in [0.29, 0.717) is 6.54 Å². The second-order valence-electron chi connectivity index (χ2n) is 6.48. The Morgan fingerprint density at radius 1 is 1.27 bits per heavy atom. The molecule has 3 atom stereocenters. The lowest BCUT2D eigenvalue weighted by Gasteiger charge is -2.35. The molecule has 0 bridgehead atoms. The predicted octanol–water partition coefficient (Wildman–Crippen LogP) is 1.45. The molecule has 120 valence electrons. The van der Waals surface area contributed by atoms with Gasteiger partial charge in [0.15, 0.2) is 0 Å². The van der Waals surface area contributed by atoms with E-state index in [1.54, 1.807) is 19.1 Å². The van der Waals surface area contributed by atoms with Crippen molar-refractivity contribution in [2.24, 2.45) is 5.92 Å². The summed E-state index contributed by atoms with van der Waals surface area (Å²) in [7, 11) is 0. The molecule has 1 aliphatic carbocycles. The lowest BCUT2D eigenvalue weighted by atomic mass is 10.1. The number of β-amino-alcohol motifs (C(OH)–C–C–N with tert-alkyl or cyclic N) is 1. The highest BCUT2D eigenvalue weighted by molar-refractivity contribution is 5.83. The first-order chi connectivity index (χ1) is 10.5. The number of amides is 1. The molecular formula is C17H23FN2O2. The molecule has 4 nitrogen and oxygen atoms in total. The molecule has 1 aromatic rings. The maximum atomic E-state index is 12.9. The molecule has 0 radical (unpaired) electrons. The summed E-state index contributed by atoms with van der Waals surface area (Å²) in [5.74, 6) is 0.310. The van der Waals surface area contributed by atoms with Gasteiger partial charge in [-0.05, 0) is 37.0 Å². The fraction of sp³-hybridized carbons (Fsp3) is 0.588. The number of hydrogen-bond acceptors (Lipinski definition) is 3. The van der Waals surface area contributed by atoms with Crippen LogP contribution in [-0.2, 0) is 4.79 Å². The maximum absolute atomic E-state index is 12.9. The zero-order chi connectivity index (χ0) is 15.7. The number of rotatable bonds is 4. The van der Waals surface area contributed by atoms with E-state index in [-0.39, 0.29) is 29.7 Å². The summed E-state index contributed by atoms with van der Waals surface area (Å²) in [4.78, 5) is 16.7. The van der Waals surface area contributed by atoms with Crippen LogP contribution in [0.15, 0.2) is 24.3 Å². The number of carbonyl (C=O) groups is 1. The van der Waals surface area contributed by atoms with Crippen molar-refractivity contribution >= 4 is 5.91 Å². The lowest BCUT2D eigenvalue weighted by Crippen LogP contribution is -2.50. The van der Waals surface area contributed by atoms with E-state index in [4.69, 9.17) is 0 Å². The van der Waals surface area contributed by atoms with Crippen LogP contribution >= 0.6 is 0 Å². The van der Waals surface area contributed by atoms with E-state index in [2.05, 4.69) is 4.90 Å². The van der Waals surface area contributed by atoms with E-state index in [9.17, 15) is 14.3 Å². The minimum atomic E-state index is -0.325. The second-order valence-corrected chi connectivity index (χ2v) is 6.48. The van der Waals surface area contributed by atoms with Crippen LogP contribution in [0.25, 0.3) is 0 Å². The highest BCUT2D eigenvalue weighted by Crippen LogP contribution is 2.48. The number of nitrogens with zero attached hydrogens (tertiary/aromatic N) is 2. The van der Waals surface area contributed by atoms with E-state index in [0.717, 1.165) is 38.2 Å². The summed E-state index contributed by atoms with van der Waals surface area (Å²) < 4.78 is 12.9. The van der Waals surface area contributed by atoms with Crippen LogP contribution in [0.2, 0.25) is 0 Å². The van der Waals surface area contributed by atoms with Crippen LogP contribution in [0.1, 0.15) is 24.8 Å². The molecule has 3 rings (SSSR count). The first-order valence-electron chi connectivity index (χ1n) is 7.99. The largest absolute Gasteiger partial charge is 0.392 e. The highest BCUT2D eigenvalue weighted by atomic mass is 19.1. The Kier molecular flexibility index (Phi) is 4.45. The van der Waals surface area contributed by atoms with E-state index in [1.165, 1.54) is 12.1 Å². The molecule has 22 heavy (non-hydrogen) atoms. The Bertz CT molecular complexity index is 524. The molecule has 1 aromatic carbocycles. The van der Waals surface area contributed by atoms with Crippen molar-refractivity contribution in [1.29, 1.82) is 0 Å². The van der Waals surface area contributed by atoms with Gasteiger partial charge in [0, 0.05) is 38.6 Å². The van der Waals surface area contributed by atoms with Crippen LogP contribution in [0.3, 0.4) is 0 Å². The minimum absolute atomic E-state index is 0.0637. The SMILES string of the molecule is C[C@H](O)CN1CCN(C(=O)[C@@H]2C[C@H]2c2ccc(F)cc2)CC1. The van der Waals surface area contributed by atoms with E-state index < -0.39 is 0 Å². The number of piperazine rings is 1. The van der Waals surface area contributed by atoms with Gasteiger partial charge in [-0.1, -0.05) is 12.1 Å².